The van der Waals surface area contributed by atoms with Crippen LogP contribution < -0.4 is 10.6 Å². The molecule has 0 spiro atoms. The van der Waals surface area contributed by atoms with Gasteiger partial charge in [0.1, 0.15) is 0 Å². The molecule has 2 aromatic rings. The van der Waals surface area contributed by atoms with Gasteiger partial charge in [-0.25, -0.2) is 13.2 Å². The molecular weight excluding hydrogens is 433 g/mol. The molecule has 4 nitrogen and oxygen atoms in total. The minimum atomic E-state index is -1.68. The van der Waals surface area contributed by atoms with Gasteiger partial charge in [-0.1, -0.05) is 22.0 Å². The second-order valence-corrected chi connectivity index (χ2v) is 7.54. The molecule has 0 heterocycles. The van der Waals surface area contributed by atoms with E-state index in [1.807, 2.05) is 24.3 Å². The van der Waals surface area contributed by atoms with Gasteiger partial charge < -0.3 is 10.6 Å². The Morgan fingerprint density at radius 2 is 1.88 bits per heavy atom. The Kier molecular flexibility index (Phi) is 7.10. The molecule has 2 rings (SSSR count). The van der Waals surface area contributed by atoms with Crippen LogP contribution in [0.25, 0.3) is 0 Å². The van der Waals surface area contributed by atoms with Crippen molar-refractivity contribution in [1.29, 1.82) is 0 Å². The molecule has 0 aliphatic heterocycles. The molecule has 26 heavy (non-hydrogen) atoms. The van der Waals surface area contributed by atoms with Gasteiger partial charge in [0, 0.05) is 9.37 Å². The highest BCUT2D eigenvalue weighted by atomic mass is 79.9. The first-order valence-electron chi connectivity index (χ1n) is 7.41. The van der Waals surface area contributed by atoms with Gasteiger partial charge in [-0.15, -0.1) is 11.8 Å². The molecule has 2 aromatic carbocycles. The summed E-state index contributed by atoms with van der Waals surface area (Å²) in [4.78, 5) is 24.7. The first-order chi connectivity index (χ1) is 12.3. The third-order valence-electron chi connectivity index (χ3n) is 3.21. The molecule has 0 saturated heterocycles. The zero-order chi connectivity index (χ0) is 19.3. The Bertz CT molecular complexity index is 836. The minimum absolute atomic E-state index is 0.393. The topological polar surface area (TPSA) is 58.2 Å². The summed E-state index contributed by atoms with van der Waals surface area (Å²) in [6, 6.07) is 8.99. The quantitative estimate of drug-likeness (QED) is 0.518. The molecule has 138 valence electrons. The van der Waals surface area contributed by atoms with Gasteiger partial charge in [0.2, 0.25) is 11.8 Å². The minimum Gasteiger partial charge on any atom is -0.346 e. The van der Waals surface area contributed by atoms with Crippen LogP contribution in [0.4, 0.5) is 18.9 Å². The molecule has 0 radical (unpaired) electrons. The predicted molar refractivity (Wildman–Crippen MR) is 97.4 cm³/mol. The van der Waals surface area contributed by atoms with Gasteiger partial charge >= 0.3 is 0 Å². The summed E-state index contributed by atoms with van der Waals surface area (Å²) in [5, 5.41) is 4.02. The molecule has 0 bridgehead atoms. The Morgan fingerprint density at radius 3 is 2.58 bits per heavy atom. The Hall–Kier alpha value is -2.00. The van der Waals surface area contributed by atoms with Crippen molar-refractivity contribution in [2.75, 3.05) is 11.9 Å². The number of anilines is 1. The summed E-state index contributed by atoms with van der Waals surface area (Å²) in [5.74, 6) is -5.68. The number of carbonyl (C=O) groups is 2. The zero-order valence-electron chi connectivity index (χ0n) is 13.5. The van der Waals surface area contributed by atoms with Crippen LogP contribution in [0.2, 0.25) is 0 Å². The average Bonchev–Trinajstić information content (AvgIpc) is 2.60. The Morgan fingerprint density at radius 1 is 1.15 bits per heavy atom. The van der Waals surface area contributed by atoms with Crippen molar-refractivity contribution in [2.45, 2.75) is 17.1 Å². The number of nitrogens with one attached hydrogen (secondary N) is 2. The SMILES string of the molecule is CC(Sc1cccc(Br)c1)C(=O)NCC(=O)Nc1ccc(F)c(F)c1F. The van der Waals surface area contributed by atoms with Crippen molar-refractivity contribution < 1.29 is 22.8 Å². The van der Waals surface area contributed by atoms with E-state index in [9.17, 15) is 22.8 Å². The maximum atomic E-state index is 13.5. The fraction of sp³-hybridized carbons (Fsp3) is 0.176. The molecule has 0 saturated carbocycles. The van der Waals surface area contributed by atoms with Gasteiger partial charge in [0.05, 0.1) is 17.5 Å². The highest BCUT2D eigenvalue weighted by Gasteiger charge is 2.18. The van der Waals surface area contributed by atoms with Crippen molar-refractivity contribution in [1.82, 2.24) is 5.32 Å². The second-order valence-electron chi connectivity index (χ2n) is 5.21. The van der Waals surface area contributed by atoms with Crippen LogP contribution in [-0.4, -0.2) is 23.6 Å². The molecule has 2 N–H and O–H groups in total. The average molecular weight is 447 g/mol. The molecule has 1 unspecified atom stereocenters. The standard InChI is InChI=1S/C17H14BrF3N2O2S/c1-9(26-11-4-2-3-10(18)7-11)17(25)22-8-14(24)23-13-6-5-12(19)15(20)16(13)21/h2-7,9H,8H2,1H3,(H,22,25)(H,23,24). The zero-order valence-corrected chi connectivity index (χ0v) is 15.9. The second kappa shape index (κ2) is 9.09. The van der Waals surface area contributed by atoms with Crippen LogP contribution >= 0.6 is 27.7 Å². The number of benzene rings is 2. The van der Waals surface area contributed by atoms with E-state index in [1.54, 1.807) is 6.92 Å². The lowest BCUT2D eigenvalue weighted by molar-refractivity contribution is -0.123. The predicted octanol–water partition coefficient (Wildman–Crippen LogP) is 4.10. The van der Waals surface area contributed by atoms with Crippen LogP contribution in [0.5, 0.6) is 0 Å². The lowest BCUT2D eigenvalue weighted by atomic mass is 10.2. The first-order valence-corrected chi connectivity index (χ1v) is 9.08. The molecule has 1 atom stereocenters. The number of hydrogen-bond acceptors (Lipinski definition) is 3. The van der Waals surface area contributed by atoms with E-state index < -0.39 is 46.7 Å². The summed E-state index contributed by atoms with van der Waals surface area (Å²) < 4.78 is 40.4. The first kappa shape index (κ1) is 20.3. The van der Waals surface area contributed by atoms with Gasteiger partial charge in [0.25, 0.3) is 0 Å². The molecule has 0 aliphatic carbocycles. The maximum Gasteiger partial charge on any atom is 0.243 e. The molecule has 0 aromatic heterocycles. The Labute approximate surface area is 160 Å². The van der Waals surface area contributed by atoms with Crippen LogP contribution in [-0.2, 0) is 9.59 Å². The van der Waals surface area contributed by atoms with Crippen molar-refractivity contribution in [2.24, 2.45) is 0 Å². The van der Waals surface area contributed by atoms with Crippen molar-refractivity contribution in [3.63, 3.8) is 0 Å². The third-order valence-corrected chi connectivity index (χ3v) is 4.80. The number of carbonyl (C=O) groups excluding carboxylic acids is 2. The highest BCUT2D eigenvalue weighted by Crippen LogP contribution is 2.26. The summed E-state index contributed by atoms with van der Waals surface area (Å²) in [6.45, 7) is 1.24. The number of hydrogen-bond donors (Lipinski definition) is 2. The van der Waals surface area contributed by atoms with Crippen LogP contribution in [0.1, 0.15) is 6.92 Å². The molecule has 0 aliphatic rings. The fourth-order valence-corrected chi connectivity index (χ4v) is 3.43. The molecule has 9 heteroatoms. The largest absolute Gasteiger partial charge is 0.346 e. The summed E-state index contributed by atoms with van der Waals surface area (Å²) in [7, 11) is 0. The number of rotatable bonds is 6. The van der Waals surface area contributed by atoms with E-state index in [2.05, 4.69) is 26.6 Å². The molecule has 0 fully saturated rings. The van der Waals surface area contributed by atoms with E-state index >= 15 is 0 Å². The molecule has 2 amide bonds. The van der Waals surface area contributed by atoms with Crippen molar-refractivity contribution >= 4 is 45.2 Å². The lowest BCUT2D eigenvalue weighted by Crippen LogP contribution is -2.37. The smallest absolute Gasteiger partial charge is 0.243 e. The number of amides is 2. The third kappa shape index (κ3) is 5.50. The van der Waals surface area contributed by atoms with E-state index in [0.29, 0.717) is 6.07 Å². The monoisotopic (exact) mass is 446 g/mol. The molecular formula is C17H14BrF3N2O2S. The van der Waals surface area contributed by atoms with Crippen LogP contribution in [0.15, 0.2) is 45.8 Å². The van der Waals surface area contributed by atoms with E-state index in [1.165, 1.54) is 11.8 Å². The van der Waals surface area contributed by atoms with Crippen molar-refractivity contribution in [3.05, 3.63) is 58.3 Å². The van der Waals surface area contributed by atoms with Gasteiger partial charge in [0.15, 0.2) is 17.5 Å². The fourth-order valence-electron chi connectivity index (χ4n) is 1.93. The van der Waals surface area contributed by atoms with E-state index in [-0.39, 0.29) is 0 Å². The van der Waals surface area contributed by atoms with E-state index in [0.717, 1.165) is 15.4 Å². The number of halogens is 4. The van der Waals surface area contributed by atoms with Gasteiger partial charge in [-0.3, -0.25) is 9.59 Å². The van der Waals surface area contributed by atoms with E-state index in [4.69, 9.17) is 0 Å². The lowest BCUT2D eigenvalue weighted by Gasteiger charge is -2.12. The maximum absolute atomic E-state index is 13.5. The number of thioether (sulfide) groups is 1. The Balaban J connectivity index is 1.86. The van der Waals surface area contributed by atoms with Gasteiger partial charge in [-0.05, 0) is 37.3 Å². The normalized spacial score (nSPS) is 11.7. The van der Waals surface area contributed by atoms with Gasteiger partial charge in [-0.2, -0.15) is 0 Å². The highest BCUT2D eigenvalue weighted by molar-refractivity contribution is 9.10. The van der Waals surface area contributed by atoms with Crippen LogP contribution in [0, 0.1) is 17.5 Å². The summed E-state index contributed by atoms with van der Waals surface area (Å²) >= 11 is 4.64. The van der Waals surface area contributed by atoms with Crippen LogP contribution in [0.3, 0.4) is 0 Å². The summed E-state index contributed by atoms with van der Waals surface area (Å²) in [6.07, 6.45) is 0. The van der Waals surface area contributed by atoms with Crippen molar-refractivity contribution in [3.8, 4) is 0 Å². The summed E-state index contributed by atoms with van der Waals surface area (Å²) in [5.41, 5.74) is -0.500.